The van der Waals surface area contributed by atoms with Crippen LogP contribution in [0.5, 0.6) is 0 Å². The van der Waals surface area contributed by atoms with Gasteiger partial charge in [0.1, 0.15) is 0 Å². The number of hydrogen-bond acceptors (Lipinski definition) is 2. The molecule has 1 heterocycles. The Bertz CT molecular complexity index is 783. The van der Waals surface area contributed by atoms with Crippen molar-refractivity contribution in [2.45, 2.75) is 0 Å². The summed E-state index contributed by atoms with van der Waals surface area (Å²) in [5, 5.41) is 6.11. The van der Waals surface area contributed by atoms with E-state index < -0.39 is 6.03 Å². The average Bonchev–Trinajstić information content (AvgIpc) is 2.84. The van der Waals surface area contributed by atoms with Crippen LogP contribution in [0.25, 0.3) is 11.0 Å². The van der Waals surface area contributed by atoms with Crippen molar-refractivity contribution in [2.24, 2.45) is 0 Å². The lowest BCUT2D eigenvalue weighted by molar-refractivity contribution is 0.262. The minimum Gasteiger partial charge on any atom is -0.324 e. The number of fused-ring (bicyclic) bond motifs is 1. The zero-order valence-electron chi connectivity index (χ0n) is 10.7. The molecule has 0 saturated heterocycles. The van der Waals surface area contributed by atoms with Crippen molar-refractivity contribution in [1.82, 2.24) is 9.97 Å². The van der Waals surface area contributed by atoms with Gasteiger partial charge in [-0.05, 0) is 30.3 Å². The highest BCUT2D eigenvalue weighted by molar-refractivity contribution is 6.35. The van der Waals surface area contributed by atoms with E-state index >= 15 is 0 Å². The molecule has 1 aromatic heterocycles. The molecule has 2 amide bonds. The Morgan fingerprint density at radius 1 is 1.10 bits per heavy atom. The van der Waals surface area contributed by atoms with Gasteiger partial charge in [0.2, 0.25) is 5.95 Å². The molecule has 2 aromatic carbocycles. The number of rotatable bonds is 2. The molecule has 0 aliphatic heterocycles. The smallest absolute Gasteiger partial charge is 0.324 e. The number of imidazole rings is 1. The highest BCUT2D eigenvalue weighted by Gasteiger charge is 2.09. The Morgan fingerprint density at radius 2 is 1.90 bits per heavy atom. The monoisotopic (exact) mass is 320 g/mol. The van der Waals surface area contributed by atoms with Gasteiger partial charge >= 0.3 is 6.03 Å². The standard InChI is InChI=1S/C14H10Cl2N4O/c15-8-5-6-9(16)12(7-8)19-14(21)20-13-17-10-3-1-2-4-11(10)18-13/h1-7H,(H3,17,18,19,20,21). The van der Waals surface area contributed by atoms with E-state index in [-0.39, 0.29) is 0 Å². The van der Waals surface area contributed by atoms with Gasteiger partial charge < -0.3 is 10.3 Å². The number of H-pyrrole nitrogens is 1. The van der Waals surface area contributed by atoms with Crippen LogP contribution >= 0.6 is 23.2 Å². The number of para-hydroxylation sites is 2. The lowest BCUT2D eigenvalue weighted by atomic mass is 10.3. The van der Waals surface area contributed by atoms with Crippen LogP contribution in [0.3, 0.4) is 0 Å². The molecule has 0 radical (unpaired) electrons. The van der Waals surface area contributed by atoms with Crippen molar-refractivity contribution in [3.8, 4) is 0 Å². The number of nitrogens with zero attached hydrogens (tertiary/aromatic N) is 1. The topological polar surface area (TPSA) is 69.8 Å². The number of halogens is 2. The first kappa shape index (κ1) is 13.7. The summed E-state index contributed by atoms with van der Waals surface area (Å²) in [4.78, 5) is 19.2. The van der Waals surface area contributed by atoms with E-state index in [1.54, 1.807) is 18.2 Å². The molecule has 7 heteroatoms. The van der Waals surface area contributed by atoms with Gasteiger partial charge in [0.15, 0.2) is 0 Å². The van der Waals surface area contributed by atoms with E-state index in [0.29, 0.717) is 21.7 Å². The lowest BCUT2D eigenvalue weighted by Crippen LogP contribution is -2.20. The molecule has 0 spiro atoms. The van der Waals surface area contributed by atoms with Crippen LogP contribution in [-0.2, 0) is 0 Å². The summed E-state index contributed by atoms with van der Waals surface area (Å²) in [7, 11) is 0. The summed E-state index contributed by atoms with van der Waals surface area (Å²) in [5.74, 6) is 0.354. The van der Waals surface area contributed by atoms with Crippen LogP contribution < -0.4 is 10.6 Å². The molecule has 0 aliphatic rings. The third kappa shape index (κ3) is 3.09. The van der Waals surface area contributed by atoms with Crippen molar-refractivity contribution in [1.29, 1.82) is 0 Å². The van der Waals surface area contributed by atoms with E-state index in [1.165, 1.54) is 0 Å². The Hall–Kier alpha value is -2.24. The van der Waals surface area contributed by atoms with Crippen molar-refractivity contribution < 1.29 is 4.79 Å². The minimum absolute atomic E-state index is 0.354. The summed E-state index contributed by atoms with van der Waals surface area (Å²) in [6.45, 7) is 0. The number of nitrogens with one attached hydrogen (secondary N) is 3. The van der Waals surface area contributed by atoms with Gasteiger partial charge in [0, 0.05) is 5.02 Å². The minimum atomic E-state index is -0.460. The summed E-state index contributed by atoms with van der Waals surface area (Å²) in [6.07, 6.45) is 0. The molecule has 0 fully saturated rings. The summed E-state index contributed by atoms with van der Waals surface area (Å²) in [6, 6.07) is 11.9. The number of carbonyl (C=O) groups excluding carboxylic acids is 1. The molecule has 3 rings (SSSR count). The molecule has 3 aromatic rings. The molecule has 106 valence electrons. The number of urea groups is 1. The van der Waals surface area contributed by atoms with Gasteiger partial charge in [0.25, 0.3) is 0 Å². The molecule has 0 bridgehead atoms. The summed E-state index contributed by atoms with van der Waals surface area (Å²) >= 11 is 11.8. The molecular formula is C14H10Cl2N4O. The zero-order valence-corrected chi connectivity index (χ0v) is 12.2. The molecule has 21 heavy (non-hydrogen) atoms. The lowest BCUT2D eigenvalue weighted by Gasteiger charge is -2.07. The number of aromatic nitrogens is 2. The first-order valence-electron chi connectivity index (χ1n) is 6.09. The number of amides is 2. The number of benzene rings is 2. The zero-order chi connectivity index (χ0) is 14.8. The molecule has 5 nitrogen and oxygen atoms in total. The van der Waals surface area contributed by atoms with E-state index in [0.717, 1.165) is 11.0 Å². The number of anilines is 2. The van der Waals surface area contributed by atoms with Gasteiger partial charge in [-0.2, -0.15) is 0 Å². The normalized spacial score (nSPS) is 10.6. The third-order valence-electron chi connectivity index (χ3n) is 2.80. The van der Waals surface area contributed by atoms with Crippen LogP contribution in [0.1, 0.15) is 0 Å². The van der Waals surface area contributed by atoms with Gasteiger partial charge in [0.05, 0.1) is 21.7 Å². The fourth-order valence-corrected chi connectivity index (χ4v) is 2.20. The van der Waals surface area contributed by atoms with Crippen LogP contribution in [0, 0.1) is 0 Å². The van der Waals surface area contributed by atoms with Gasteiger partial charge in [-0.15, -0.1) is 0 Å². The van der Waals surface area contributed by atoms with Crippen LogP contribution in [0.2, 0.25) is 10.0 Å². The molecule has 0 aliphatic carbocycles. The quantitative estimate of drug-likeness (QED) is 0.650. The molecule has 3 N–H and O–H groups in total. The third-order valence-corrected chi connectivity index (χ3v) is 3.36. The van der Waals surface area contributed by atoms with E-state index in [2.05, 4.69) is 20.6 Å². The van der Waals surface area contributed by atoms with E-state index in [4.69, 9.17) is 23.2 Å². The Morgan fingerprint density at radius 3 is 2.71 bits per heavy atom. The van der Waals surface area contributed by atoms with Crippen LogP contribution in [0.4, 0.5) is 16.4 Å². The first-order valence-corrected chi connectivity index (χ1v) is 6.85. The van der Waals surface area contributed by atoms with Gasteiger partial charge in [-0.25, -0.2) is 9.78 Å². The maximum absolute atomic E-state index is 11.9. The van der Waals surface area contributed by atoms with E-state index in [9.17, 15) is 4.79 Å². The van der Waals surface area contributed by atoms with Gasteiger partial charge in [-0.3, -0.25) is 5.32 Å². The Labute approximate surface area is 130 Å². The number of hydrogen-bond donors (Lipinski definition) is 3. The van der Waals surface area contributed by atoms with Crippen molar-refractivity contribution in [2.75, 3.05) is 10.6 Å². The molecule has 0 saturated carbocycles. The largest absolute Gasteiger partial charge is 0.326 e. The first-order chi connectivity index (χ1) is 10.1. The van der Waals surface area contributed by atoms with Crippen molar-refractivity contribution in [3.05, 3.63) is 52.5 Å². The second-order valence-electron chi connectivity index (χ2n) is 4.31. The SMILES string of the molecule is O=C(Nc1nc2ccccc2[nH]1)Nc1cc(Cl)ccc1Cl. The molecular weight excluding hydrogens is 311 g/mol. The fourth-order valence-electron chi connectivity index (χ4n) is 1.87. The fraction of sp³-hybridized carbons (Fsp3) is 0. The average molecular weight is 321 g/mol. The maximum Gasteiger partial charge on any atom is 0.326 e. The van der Waals surface area contributed by atoms with Gasteiger partial charge in [-0.1, -0.05) is 35.3 Å². The number of carbonyl (C=O) groups is 1. The predicted molar refractivity (Wildman–Crippen MR) is 85.2 cm³/mol. The Balaban J connectivity index is 1.75. The predicted octanol–water partition coefficient (Wildman–Crippen LogP) is 4.51. The maximum atomic E-state index is 11.9. The van der Waals surface area contributed by atoms with Crippen LogP contribution in [0.15, 0.2) is 42.5 Å². The molecule has 0 unspecified atom stereocenters. The summed E-state index contributed by atoms with van der Waals surface area (Å²) < 4.78 is 0. The second kappa shape index (κ2) is 5.63. The number of aromatic amines is 1. The van der Waals surface area contributed by atoms with Crippen molar-refractivity contribution >= 4 is 51.9 Å². The van der Waals surface area contributed by atoms with Crippen LogP contribution in [-0.4, -0.2) is 16.0 Å². The highest BCUT2D eigenvalue weighted by Crippen LogP contribution is 2.25. The van der Waals surface area contributed by atoms with Crippen molar-refractivity contribution in [3.63, 3.8) is 0 Å². The van der Waals surface area contributed by atoms with E-state index in [1.807, 2.05) is 24.3 Å². The summed E-state index contributed by atoms with van der Waals surface area (Å²) in [5.41, 5.74) is 2.04. The molecule has 0 atom stereocenters. The highest BCUT2D eigenvalue weighted by atomic mass is 35.5. The Kier molecular flexibility index (Phi) is 3.68. The second-order valence-corrected chi connectivity index (χ2v) is 5.15.